The number of nitrogens with zero attached hydrogens (tertiary/aromatic N) is 3. The second kappa shape index (κ2) is 10.7. The van der Waals surface area contributed by atoms with Crippen LogP contribution in [0.1, 0.15) is 63.3 Å². The summed E-state index contributed by atoms with van der Waals surface area (Å²) in [6.45, 7) is 12.2. The first-order valence-corrected chi connectivity index (χ1v) is 13.2. The molecule has 1 aliphatic rings. The fourth-order valence-corrected chi connectivity index (χ4v) is 5.64. The highest BCUT2D eigenvalue weighted by atomic mass is 32.1. The van der Waals surface area contributed by atoms with Gasteiger partial charge in [0.15, 0.2) is 4.80 Å². The van der Waals surface area contributed by atoms with Gasteiger partial charge in [0.2, 0.25) is 0 Å². The summed E-state index contributed by atoms with van der Waals surface area (Å²) in [5.41, 5.74) is 4.93. The van der Waals surface area contributed by atoms with Gasteiger partial charge in [-0.05, 0) is 61.6 Å². The molecule has 6 nitrogen and oxygen atoms in total. The number of fused-ring (bicyclic) bond motifs is 1. The van der Waals surface area contributed by atoms with E-state index in [9.17, 15) is 9.59 Å². The highest BCUT2D eigenvalue weighted by molar-refractivity contribution is 7.07. The third-order valence-electron chi connectivity index (χ3n) is 6.67. The van der Waals surface area contributed by atoms with Crippen LogP contribution in [0.15, 0.2) is 69.6 Å². The maximum atomic E-state index is 13.7. The van der Waals surface area contributed by atoms with Crippen LogP contribution in [-0.2, 0) is 9.53 Å². The second-order valence-corrected chi connectivity index (χ2v) is 10.2. The monoisotopic (exact) mass is 503 g/mol. The molecule has 7 heteroatoms. The number of esters is 1. The van der Waals surface area contributed by atoms with E-state index < -0.39 is 12.0 Å². The van der Waals surface area contributed by atoms with Gasteiger partial charge in [0.05, 0.1) is 29.0 Å². The molecule has 0 amide bonds. The number of thiazole rings is 1. The van der Waals surface area contributed by atoms with Crippen molar-refractivity contribution in [2.75, 3.05) is 25.1 Å². The normalized spacial score (nSPS) is 15.6. The molecule has 4 rings (SSSR count). The molecule has 0 aliphatic carbocycles. The molecule has 0 radical (unpaired) electrons. The van der Waals surface area contributed by atoms with Crippen LogP contribution < -0.4 is 19.8 Å². The van der Waals surface area contributed by atoms with Crippen LogP contribution in [0.5, 0.6) is 0 Å². The standard InChI is InChI=1S/C29H33N3O3S/c1-7-31(8-2)23-15-9-20(10-16-23)17-24-27(33)32-26(22-13-11-21(12-14-22)18(3)4)25(28(34)35-6)19(5)30-29(32)36-24/h9-18,26H,7-8H2,1-6H3. The predicted molar refractivity (Wildman–Crippen MR) is 146 cm³/mol. The lowest BCUT2D eigenvalue weighted by atomic mass is 9.93. The van der Waals surface area contributed by atoms with Gasteiger partial charge in [-0.15, -0.1) is 0 Å². The number of carbonyl (C=O) groups is 1. The molecule has 0 fully saturated rings. The Bertz CT molecular complexity index is 1460. The zero-order valence-electron chi connectivity index (χ0n) is 21.7. The number of methoxy groups -OCH3 is 1. The molecule has 0 spiro atoms. The quantitative estimate of drug-likeness (QED) is 0.449. The lowest BCUT2D eigenvalue weighted by Crippen LogP contribution is -2.39. The Hall–Kier alpha value is -3.45. The molecule has 0 saturated carbocycles. The molecular formula is C29H33N3O3S. The van der Waals surface area contributed by atoms with Crippen LogP contribution in [0.3, 0.4) is 0 Å². The number of hydrogen-bond donors (Lipinski definition) is 0. The van der Waals surface area contributed by atoms with E-state index in [4.69, 9.17) is 4.74 Å². The van der Waals surface area contributed by atoms with E-state index in [2.05, 4.69) is 61.9 Å². The number of hydrogen-bond acceptors (Lipinski definition) is 6. The van der Waals surface area contributed by atoms with Crippen molar-refractivity contribution in [2.24, 2.45) is 4.99 Å². The molecule has 0 N–H and O–H groups in total. The molecule has 1 atom stereocenters. The van der Waals surface area contributed by atoms with Crippen molar-refractivity contribution in [3.63, 3.8) is 0 Å². The first-order valence-electron chi connectivity index (χ1n) is 12.3. The summed E-state index contributed by atoms with van der Waals surface area (Å²) in [6.07, 6.45) is 1.89. The zero-order valence-corrected chi connectivity index (χ0v) is 22.6. The third kappa shape index (κ3) is 4.80. The summed E-state index contributed by atoms with van der Waals surface area (Å²) >= 11 is 1.34. The SMILES string of the molecule is CCN(CC)c1ccc(C=c2sc3n(c2=O)C(c2ccc(C(C)C)cc2)C(C(=O)OC)=C(C)N=3)cc1. The number of anilines is 1. The van der Waals surface area contributed by atoms with Gasteiger partial charge in [-0.2, -0.15) is 0 Å². The summed E-state index contributed by atoms with van der Waals surface area (Å²) in [5, 5.41) is 0. The zero-order chi connectivity index (χ0) is 26.0. The predicted octanol–water partition coefficient (Wildman–Crippen LogP) is 4.38. The molecule has 1 aromatic heterocycles. The molecule has 0 saturated heterocycles. The van der Waals surface area contributed by atoms with E-state index in [1.165, 1.54) is 24.0 Å². The Morgan fingerprint density at radius 2 is 1.75 bits per heavy atom. The van der Waals surface area contributed by atoms with E-state index in [1.807, 2.05) is 30.3 Å². The molecule has 2 heterocycles. The second-order valence-electron chi connectivity index (χ2n) is 9.16. The van der Waals surface area contributed by atoms with E-state index in [1.54, 1.807) is 11.5 Å². The Balaban J connectivity index is 1.84. The first kappa shape index (κ1) is 25.6. The highest BCUT2D eigenvalue weighted by Crippen LogP contribution is 2.31. The van der Waals surface area contributed by atoms with Gasteiger partial charge in [-0.25, -0.2) is 9.79 Å². The van der Waals surface area contributed by atoms with Gasteiger partial charge < -0.3 is 9.64 Å². The topological polar surface area (TPSA) is 63.9 Å². The van der Waals surface area contributed by atoms with Crippen molar-refractivity contribution in [1.29, 1.82) is 0 Å². The van der Waals surface area contributed by atoms with Crippen LogP contribution in [0, 0.1) is 0 Å². The Labute approximate surface area is 215 Å². The number of rotatable bonds is 7. The largest absolute Gasteiger partial charge is 0.466 e. The minimum Gasteiger partial charge on any atom is -0.466 e. The van der Waals surface area contributed by atoms with Crippen LogP contribution >= 0.6 is 11.3 Å². The number of benzene rings is 2. The van der Waals surface area contributed by atoms with E-state index in [0.717, 1.165) is 29.9 Å². The van der Waals surface area contributed by atoms with Crippen LogP contribution in [0.25, 0.3) is 6.08 Å². The molecule has 188 valence electrons. The van der Waals surface area contributed by atoms with Gasteiger partial charge in [-0.1, -0.05) is 61.6 Å². The third-order valence-corrected chi connectivity index (χ3v) is 7.65. The average molecular weight is 504 g/mol. The summed E-state index contributed by atoms with van der Waals surface area (Å²) in [5.74, 6) is -0.0954. The lowest BCUT2D eigenvalue weighted by molar-refractivity contribution is -0.136. The molecule has 0 bridgehead atoms. The summed E-state index contributed by atoms with van der Waals surface area (Å²) in [7, 11) is 1.36. The van der Waals surface area contributed by atoms with Gasteiger partial charge in [0.25, 0.3) is 5.56 Å². The van der Waals surface area contributed by atoms with Gasteiger partial charge in [0.1, 0.15) is 0 Å². The number of allylic oxidation sites excluding steroid dienone is 1. The molecule has 3 aromatic rings. The van der Waals surface area contributed by atoms with Gasteiger partial charge in [0, 0.05) is 18.8 Å². The maximum Gasteiger partial charge on any atom is 0.338 e. The maximum absolute atomic E-state index is 13.7. The van der Waals surface area contributed by atoms with Crippen LogP contribution in [0.4, 0.5) is 5.69 Å². The smallest absolute Gasteiger partial charge is 0.338 e. The summed E-state index contributed by atoms with van der Waals surface area (Å²) in [4.78, 5) is 34.0. The minimum absolute atomic E-state index is 0.168. The summed E-state index contributed by atoms with van der Waals surface area (Å²) < 4.78 is 7.30. The van der Waals surface area contributed by atoms with Crippen molar-refractivity contribution < 1.29 is 9.53 Å². The van der Waals surface area contributed by atoms with Gasteiger partial charge >= 0.3 is 5.97 Å². The van der Waals surface area contributed by atoms with E-state index in [-0.39, 0.29) is 5.56 Å². The Morgan fingerprint density at radius 1 is 1.11 bits per heavy atom. The molecule has 2 aromatic carbocycles. The molecule has 1 unspecified atom stereocenters. The molecule has 1 aliphatic heterocycles. The molecule has 36 heavy (non-hydrogen) atoms. The minimum atomic E-state index is -0.595. The van der Waals surface area contributed by atoms with Crippen molar-refractivity contribution in [1.82, 2.24) is 4.57 Å². The Morgan fingerprint density at radius 3 is 2.31 bits per heavy atom. The number of carbonyl (C=O) groups excluding carboxylic acids is 1. The lowest BCUT2D eigenvalue weighted by Gasteiger charge is -2.24. The van der Waals surface area contributed by atoms with Crippen molar-refractivity contribution >= 4 is 29.1 Å². The van der Waals surface area contributed by atoms with Crippen molar-refractivity contribution in [3.8, 4) is 0 Å². The van der Waals surface area contributed by atoms with E-state index >= 15 is 0 Å². The van der Waals surface area contributed by atoms with Gasteiger partial charge in [-0.3, -0.25) is 9.36 Å². The Kier molecular flexibility index (Phi) is 7.59. The van der Waals surface area contributed by atoms with Crippen LogP contribution in [-0.4, -0.2) is 30.7 Å². The van der Waals surface area contributed by atoms with E-state index in [0.29, 0.717) is 26.5 Å². The highest BCUT2D eigenvalue weighted by Gasteiger charge is 2.33. The fraction of sp³-hybridized carbons (Fsp3) is 0.345. The van der Waals surface area contributed by atoms with Crippen LogP contribution in [0.2, 0.25) is 0 Å². The fourth-order valence-electron chi connectivity index (χ4n) is 4.59. The number of aromatic nitrogens is 1. The summed E-state index contributed by atoms with van der Waals surface area (Å²) in [6, 6.07) is 15.7. The number of ether oxygens (including phenoxy) is 1. The molecular weight excluding hydrogens is 470 g/mol. The average Bonchev–Trinajstić information content (AvgIpc) is 3.18. The van der Waals surface area contributed by atoms with Crippen molar-refractivity contribution in [2.45, 2.75) is 46.6 Å². The van der Waals surface area contributed by atoms with Crippen molar-refractivity contribution in [3.05, 3.63) is 96.2 Å². The first-order chi connectivity index (χ1) is 17.3.